The fourth-order valence-corrected chi connectivity index (χ4v) is 4.58. The number of aromatic hydroxyl groups is 6. The highest BCUT2D eigenvalue weighted by molar-refractivity contribution is 5.87. The van der Waals surface area contributed by atoms with Crippen molar-refractivity contribution in [2.75, 3.05) is 6.61 Å². The van der Waals surface area contributed by atoms with Crippen LogP contribution in [0.5, 0.6) is 40.2 Å². The Bertz CT molecular complexity index is 1620. The molecule has 44 heavy (non-hydrogen) atoms. The van der Waals surface area contributed by atoms with Crippen LogP contribution in [-0.4, -0.2) is 89.2 Å². The summed E-state index contributed by atoms with van der Waals surface area (Å²) in [5.74, 6) is -3.26. The Morgan fingerprint density at radius 3 is 2.20 bits per heavy atom. The molecule has 2 heterocycles. The first-order valence-electron chi connectivity index (χ1n) is 13.1. The number of benzene rings is 3. The predicted molar refractivity (Wildman–Crippen MR) is 148 cm³/mol. The van der Waals surface area contributed by atoms with Gasteiger partial charge in [-0.25, -0.2) is 4.79 Å². The maximum absolute atomic E-state index is 12.3. The summed E-state index contributed by atoms with van der Waals surface area (Å²) in [5, 5.41) is 90.8. The van der Waals surface area contributed by atoms with Gasteiger partial charge in [0, 0.05) is 23.8 Å². The summed E-state index contributed by atoms with van der Waals surface area (Å²) >= 11 is 0. The number of aliphatic hydroxyl groups excluding tert-OH is 3. The van der Waals surface area contributed by atoms with Crippen molar-refractivity contribution in [3.63, 3.8) is 0 Å². The molecule has 14 nitrogen and oxygen atoms in total. The van der Waals surface area contributed by atoms with Gasteiger partial charge < -0.3 is 64.9 Å². The maximum atomic E-state index is 12.3. The van der Waals surface area contributed by atoms with Crippen LogP contribution in [0.15, 0.2) is 60.4 Å². The molecule has 3 aromatic rings. The monoisotopic (exact) mass is 612 g/mol. The van der Waals surface area contributed by atoms with E-state index in [-0.39, 0.29) is 39.9 Å². The molecule has 1 unspecified atom stereocenters. The summed E-state index contributed by atoms with van der Waals surface area (Å²) in [5.41, 5.74) is 0.702. The first-order chi connectivity index (χ1) is 20.9. The van der Waals surface area contributed by atoms with Gasteiger partial charge in [0.05, 0.1) is 5.56 Å². The average Bonchev–Trinajstić information content (AvgIpc) is 2.98. The molecule has 5 rings (SSSR count). The van der Waals surface area contributed by atoms with Gasteiger partial charge in [0.1, 0.15) is 54.0 Å². The number of ether oxygens (including phenoxy) is 4. The Balaban J connectivity index is 1.35. The normalized spacial score (nSPS) is 24.7. The molecule has 0 spiro atoms. The number of aliphatic hydroxyl groups is 3. The number of phenols is 6. The highest BCUT2D eigenvalue weighted by Crippen LogP contribution is 2.45. The maximum Gasteiger partial charge on any atom is 0.330 e. The number of carbonyl (C=O) groups is 1. The van der Waals surface area contributed by atoms with Crippen molar-refractivity contribution in [3.8, 4) is 40.2 Å². The molecule has 9 N–H and O–H groups in total. The van der Waals surface area contributed by atoms with Crippen molar-refractivity contribution < 1.29 is 69.7 Å². The van der Waals surface area contributed by atoms with Crippen LogP contribution >= 0.6 is 0 Å². The van der Waals surface area contributed by atoms with Crippen LogP contribution in [-0.2, 0) is 19.0 Å². The second-order valence-corrected chi connectivity index (χ2v) is 10.0. The van der Waals surface area contributed by atoms with Crippen LogP contribution in [0.3, 0.4) is 0 Å². The Labute approximate surface area is 248 Å². The van der Waals surface area contributed by atoms with Crippen molar-refractivity contribution in [2.24, 2.45) is 0 Å². The summed E-state index contributed by atoms with van der Waals surface area (Å²) in [7, 11) is 0. The van der Waals surface area contributed by atoms with Gasteiger partial charge >= 0.3 is 5.97 Å². The third kappa shape index (κ3) is 6.28. The highest BCUT2D eigenvalue weighted by Gasteiger charge is 2.46. The number of fused-ring (bicyclic) bond motifs is 1. The second-order valence-electron chi connectivity index (χ2n) is 10.0. The Morgan fingerprint density at radius 2 is 1.50 bits per heavy atom. The predicted octanol–water partition coefficient (Wildman–Crippen LogP) is 1.48. The van der Waals surface area contributed by atoms with Gasteiger partial charge in [-0.15, -0.1) is 0 Å². The summed E-state index contributed by atoms with van der Waals surface area (Å²) in [6.07, 6.45) is -5.94. The minimum atomic E-state index is -1.82. The fraction of sp³-hybridized carbons (Fsp3) is 0.233. The zero-order valence-electron chi connectivity index (χ0n) is 22.6. The fourth-order valence-electron chi connectivity index (χ4n) is 4.58. The minimum Gasteiger partial charge on any atom is -0.508 e. The van der Waals surface area contributed by atoms with Crippen LogP contribution < -0.4 is 4.74 Å². The van der Waals surface area contributed by atoms with E-state index < -0.39 is 66.6 Å². The van der Waals surface area contributed by atoms with E-state index in [0.717, 1.165) is 12.1 Å². The van der Waals surface area contributed by atoms with Gasteiger partial charge in [-0.2, -0.15) is 0 Å². The smallest absolute Gasteiger partial charge is 0.330 e. The van der Waals surface area contributed by atoms with Crippen LogP contribution in [0.1, 0.15) is 22.8 Å². The molecule has 0 aromatic heterocycles. The Kier molecular flexibility index (Phi) is 8.42. The van der Waals surface area contributed by atoms with Gasteiger partial charge in [0.15, 0.2) is 29.1 Å². The van der Waals surface area contributed by atoms with E-state index in [1.165, 1.54) is 54.6 Å². The lowest BCUT2D eigenvalue weighted by molar-refractivity contribution is -0.294. The van der Waals surface area contributed by atoms with Gasteiger partial charge in [-0.3, -0.25) is 0 Å². The van der Waals surface area contributed by atoms with Gasteiger partial charge in [-0.05, 0) is 42.0 Å². The molecule has 1 saturated heterocycles. The van der Waals surface area contributed by atoms with Gasteiger partial charge in [-0.1, -0.05) is 12.1 Å². The van der Waals surface area contributed by atoms with Crippen molar-refractivity contribution in [3.05, 3.63) is 77.1 Å². The summed E-state index contributed by atoms with van der Waals surface area (Å²) < 4.78 is 22.6. The van der Waals surface area contributed by atoms with Crippen LogP contribution in [0.25, 0.3) is 12.2 Å². The van der Waals surface area contributed by atoms with E-state index in [1.54, 1.807) is 0 Å². The third-order valence-electron chi connectivity index (χ3n) is 6.92. The molecule has 232 valence electrons. The molecule has 0 saturated carbocycles. The summed E-state index contributed by atoms with van der Waals surface area (Å²) in [4.78, 5) is 12.3. The molecule has 0 bridgehead atoms. The average molecular weight is 613 g/mol. The van der Waals surface area contributed by atoms with E-state index in [9.17, 15) is 50.8 Å². The molecule has 6 atom stereocenters. The Hall–Kier alpha value is -5.15. The van der Waals surface area contributed by atoms with E-state index in [4.69, 9.17) is 18.9 Å². The van der Waals surface area contributed by atoms with Gasteiger partial charge in [0.2, 0.25) is 6.29 Å². The van der Waals surface area contributed by atoms with Crippen molar-refractivity contribution in [1.82, 2.24) is 0 Å². The first kappa shape index (κ1) is 30.3. The number of rotatable bonds is 7. The van der Waals surface area contributed by atoms with Crippen molar-refractivity contribution >= 4 is 18.1 Å². The number of hydrogen-bond acceptors (Lipinski definition) is 14. The van der Waals surface area contributed by atoms with E-state index in [2.05, 4.69) is 0 Å². The SMILES string of the molecule is O=C(/C=C/c1ccc(O)c(O)c1)OC[C@@H]1O[C@@H](OC2=Cc3c(O)cc(O)cc3OC2c2ccc(O)c(O)c2)[C@@H](O)[C@H](O)[C@@H]1O. The zero-order chi connectivity index (χ0) is 31.7. The van der Waals surface area contributed by atoms with Gasteiger partial charge in [0.25, 0.3) is 0 Å². The van der Waals surface area contributed by atoms with Crippen LogP contribution in [0.4, 0.5) is 0 Å². The molecular weight excluding hydrogens is 584 g/mol. The van der Waals surface area contributed by atoms with Crippen LogP contribution in [0, 0.1) is 0 Å². The molecular formula is C30H28O14. The molecule has 0 aliphatic carbocycles. The standard InChI is InChI=1S/C30H28O14/c31-15-9-19(34)16-11-23(29(42-22(16)10-15)14-3-5-18(33)21(36)8-14)43-30-28(40)27(39)26(38)24(44-30)12-41-25(37)6-2-13-1-4-17(32)20(35)7-13/h1-11,24,26-36,38-40H,12H2/b6-2+/t24-,26+,27+,28-,29?,30+/m0/s1. The topological polar surface area (TPSA) is 236 Å². The van der Waals surface area contributed by atoms with E-state index >= 15 is 0 Å². The van der Waals surface area contributed by atoms with Crippen molar-refractivity contribution in [1.29, 1.82) is 0 Å². The zero-order valence-corrected chi connectivity index (χ0v) is 22.6. The second kappa shape index (κ2) is 12.2. The number of esters is 1. The molecule has 0 amide bonds. The number of carbonyl (C=O) groups excluding carboxylic acids is 1. The van der Waals surface area contributed by atoms with E-state index in [1.807, 2.05) is 0 Å². The quantitative estimate of drug-likeness (QED) is 0.104. The molecule has 3 aromatic carbocycles. The first-order valence-corrected chi connectivity index (χ1v) is 13.1. The van der Waals surface area contributed by atoms with Crippen LogP contribution in [0.2, 0.25) is 0 Å². The van der Waals surface area contributed by atoms with Crippen molar-refractivity contribution in [2.45, 2.75) is 36.8 Å². The lowest BCUT2D eigenvalue weighted by Crippen LogP contribution is -2.59. The lowest BCUT2D eigenvalue weighted by Gasteiger charge is -2.41. The molecule has 2 aliphatic rings. The molecule has 2 aliphatic heterocycles. The molecule has 14 heteroatoms. The summed E-state index contributed by atoms with van der Waals surface area (Å²) in [6.45, 7) is -0.581. The Morgan fingerprint density at radius 1 is 0.795 bits per heavy atom. The molecule has 0 radical (unpaired) electrons. The number of phenolic OH excluding ortho intramolecular Hbond substituents is 6. The largest absolute Gasteiger partial charge is 0.508 e. The summed E-state index contributed by atoms with van der Waals surface area (Å²) in [6, 6.07) is 9.92. The lowest BCUT2D eigenvalue weighted by atomic mass is 9.98. The minimum absolute atomic E-state index is 0.0355. The third-order valence-corrected chi connectivity index (χ3v) is 6.92. The molecule has 1 fully saturated rings. The van der Waals surface area contributed by atoms with E-state index in [0.29, 0.717) is 5.56 Å². The number of hydrogen-bond donors (Lipinski definition) is 9. The highest BCUT2D eigenvalue weighted by atomic mass is 16.7.